The summed E-state index contributed by atoms with van der Waals surface area (Å²) >= 11 is 0. The number of nitrogens with zero attached hydrogens (tertiary/aromatic N) is 2. The second-order valence-corrected chi connectivity index (χ2v) is 4.89. The topological polar surface area (TPSA) is 98.0 Å². The Balaban J connectivity index is 2.50. The maximum absolute atomic E-state index is 11.5. The van der Waals surface area contributed by atoms with Crippen molar-refractivity contribution < 1.29 is 8.42 Å². The van der Waals surface area contributed by atoms with Crippen LogP contribution in [-0.4, -0.2) is 30.7 Å². The van der Waals surface area contributed by atoms with Gasteiger partial charge in [0, 0.05) is 0 Å². The lowest BCUT2D eigenvalue weighted by molar-refractivity contribution is 0.597. The van der Waals surface area contributed by atoms with E-state index in [-0.39, 0.29) is 5.75 Å². The molecule has 0 amide bonds. The Morgan fingerprint density at radius 1 is 1.27 bits per heavy atom. The van der Waals surface area contributed by atoms with Crippen LogP contribution in [0.3, 0.4) is 0 Å². The van der Waals surface area contributed by atoms with E-state index in [0.717, 1.165) is 0 Å². The van der Waals surface area contributed by atoms with Crippen LogP contribution in [0.15, 0.2) is 18.7 Å². The molecule has 0 radical (unpaired) electrons. The smallest absolute Gasteiger partial charge is 0.232 e. The molecule has 1 heterocycles. The number of anilines is 1. The molecule has 0 saturated carbocycles. The Morgan fingerprint density at radius 2 is 1.93 bits per heavy atom. The quantitative estimate of drug-likeness (QED) is 0.668. The highest BCUT2D eigenvalue weighted by Gasteiger charge is 2.09. The summed E-state index contributed by atoms with van der Waals surface area (Å²) in [5.41, 5.74) is 5.66. The van der Waals surface area contributed by atoms with Crippen molar-refractivity contribution in [3.05, 3.63) is 18.7 Å². The molecule has 15 heavy (non-hydrogen) atoms. The molecule has 1 aromatic rings. The van der Waals surface area contributed by atoms with Gasteiger partial charge in [-0.3, -0.25) is 4.72 Å². The van der Waals surface area contributed by atoms with Crippen molar-refractivity contribution in [3.63, 3.8) is 0 Å². The van der Waals surface area contributed by atoms with E-state index in [1.165, 1.54) is 18.7 Å². The molecule has 0 unspecified atom stereocenters. The third-order valence-electron chi connectivity index (χ3n) is 1.70. The third-order valence-corrected chi connectivity index (χ3v) is 3.07. The minimum atomic E-state index is -3.29. The standard InChI is InChI=1S/C8H14N4O2S/c9-3-1-2-4-15(13,14)12-8-5-10-7-11-6-8/h5-7,12H,1-4,9H2. The van der Waals surface area contributed by atoms with Crippen LogP contribution in [0.1, 0.15) is 12.8 Å². The molecule has 0 spiro atoms. The number of sulfonamides is 1. The molecule has 84 valence electrons. The fourth-order valence-corrected chi connectivity index (χ4v) is 2.17. The largest absolute Gasteiger partial charge is 0.330 e. The van der Waals surface area contributed by atoms with Crippen molar-refractivity contribution in [2.24, 2.45) is 5.73 Å². The van der Waals surface area contributed by atoms with Gasteiger partial charge in [0.05, 0.1) is 23.8 Å². The first-order chi connectivity index (χ1) is 7.14. The van der Waals surface area contributed by atoms with Crippen molar-refractivity contribution in [1.29, 1.82) is 0 Å². The zero-order chi connectivity index (χ0) is 11.1. The summed E-state index contributed by atoms with van der Waals surface area (Å²) in [4.78, 5) is 7.41. The van der Waals surface area contributed by atoms with Crippen LogP contribution < -0.4 is 10.5 Å². The van der Waals surface area contributed by atoms with Gasteiger partial charge in [-0.25, -0.2) is 18.4 Å². The van der Waals surface area contributed by atoms with Crippen molar-refractivity contribution >= 4 is 15.7 Å². The summed E-state index contributed by atoms with van der Waals surface area (Å²) in [6.07, 6.45) is 5.42. The molecular weight excluding hydrogens is 216 g/mol. The Morgan fingerprint density at radius 3 is 2.53 bits per heavy atom. The first-order valence-corrected chi connectivity index (χ1v) is 6.25. The van der Waals surface area contributed by atoms with E-state index in [2.05, 4.69) is 14.7 Å². The fraction of sp³-hybridized carbons (Fsp3) is 0.500. The van der Waals surface area contributed by atoms with E-state index in [1.807, 2.05) is 0 Å². The van der Waals surface area contributed by atoms with Gasteiger partial charge in [-0.2, -0.15) is 0 Å². The van der Waals surface area contributed by atoms with Crippen LogP contribution >= 0.6 is 0 Å². The number of hydrogen-bond donors (Lipinski definition) is 2. The van der Waals surface area contributed by atoms with Gasteiger partial charge < -0.3 is 5.73 Å². The first kappa shape index (κ1) is 11.9. The molecule has 1 rings (SSSR count). The van der Waals surface area contributed by atoms with E-state index in [0.29, 0.717) is 25.1 Å². The molecule has 0 aromatic carbocycles. The Kier molecular flexibility index (Phi) is 4.44. The van der Waals surface area contributed by atoms with Gasteiger partial charge in [-0.1, -0.05) is 0 Å². The van der Waals surface area contributed by atoms with Crippen molar-refractivity contribution in [3.8, 4) is 0 Å². The highest BCUT2D eigenvalue weighted by Crippen LogP contribution is 2.05. The highest BCUT2D eigenvalue weighted by molar-refractivity contribution is 7.92. The average molecular weight is 230 g/mol. The minimum Gasteiger partial charge on any atom is -0.330 e. The third kappa shape index (κ3) is 4.71. The highest BCUT2D eigenvalue weighted by atomic mass is 32.2. The summed E-state index contributed by atoms with van der Waals surface area (Å²) in [7, 11) is -3.29. The molecule has 0 aliphatic rings. The van der Waals surface area contributed by atoms with E-state index < -0.39 is 10.0 Å². The molecule has 0 aliphatic heterocycles. The predicted octanol–water partition coefficient (Wildman–Crippen LogP) is -0.0428. The Bertz CT molecular complexity index is 379. The van der Waals surface area contributed by atoms with E-state index in [1.54, 1.807) is 0 Å². The van der Waals surface area contributed by atoms with Crippen LogP contribution in [0, 0.1) is 0 Å². The number of rotatable bonds is 6. The zero-order valence-corrected chi connectivity index (χ0v) is 9.07. The van der Waals surface area contributed by atoms with Gasteiger partial charge in [0.25, 0.3) is 0 Å². The molecular formula is C8H14N4O2S. The van der Waals surface area contributed by atoms with Crippen LogP contribution in [0.5, 0.6) is 0 Å². The lowest BCUT2D eigenvalue weighted by atomic mass is 10.3. The van der Waals surface area contributed by atoms with E-state index in [4.69, 9.17) is 5.73 Å². The fourth-order valence-electron chi connectivity index (χ4n) is 1.02. The number of aromatic nitrogens is 2. The first-order valence-electron chi connectivity index (χ1n) is 4.59. The average Bonchev–Trinajstić information content (AvgIpc) is 2.18. The van der Waals surface area contributed by atoms with Gasteiger partial charge in [0.2, 0.25) is 10.0 Å². The summed E-state index contributed by atoms with van der Waals surface area (Å²) in [5, 5.41) is 0. The maximum atomic E-state index is 11.5. The van der Waals surface area contributed by atoms with Gasteiger partial charge in [-0.15, -0.1) is 0 Å². The molecule has 0 atom stereocenters. The van der Waals surface area contributed by atoms with Crippen molar-refractivity contribution in [2.45, 2.75) is 12.8 Å². The number of nitrogens with one attached hydrogen (secondary N) is 1. The monoisotopic (exact) mass is 230 g/mol. The van der Waals surface area contributed by atoms with Crippen LogP contribution in [0.25, 0.3) is 0 Å². The van der Waals surface area contributed by atoms with E-state index >= 15 is 0 Å². The van der Waals surface area contributed by atoms with Crippen molar-refractivity contribution in [1.82, 2.24) is 9.97 Å². The maximum Gasteiger partial charge on any atom is 0.232 e. The SMILES string of the molecule is NCCCCS(=O)(=O)Nc1cncnc1. The lowest BCUT2D eigenvalue weighted by Crippen LogP contribution is -2.17. The minimum absolute atomic E-state index is 0.0685. The number of nitrogens with two attached hydrogens (primary N) is 1. The molecule has 3 N–H and O–H groups in total. The molecule has 0 saturated heterocycles. The second-order valence-electron chi connectivity index (χ2n) is 3.04. The molecule has 7 heteroatoms. The summed E-state index contributed by atoms with van der Waals surface area (Å²) in [5.74, 6) is 0.0685. The normalized spacial score (nSPS) is 11.3. The second kappa shape index (κ2) is 5.62. The summed E-state index contributed by atoms with van der Waals surface area (Å²) in [6.45, 7) is 0.504. The molecule has 0 aliphatic carbocycles. The lowest BCUT2D eigenvalue weighted by Gasteiger charge is -2.06. The van der Waals surface area contributed by atoms with Gasteiger partial charge in [0.1, 0.15) is 6.33 Å². The van der Waals surface area contributed by atoms with Crippen LogP contribution in [0.2, 0.25) is 0 Å². The molecule has 1 aromatic heterocycles. The molecule has 0 bridgehead atoms. The van der Waals surface area contributed by atoms with Gasteiger partial charge in [-0.05, 0) is 19.4 Å². The molecule has 0 fully saturated rings. The summed E-state index contributed by atoms with van der Waals surface area (Å²) in [6, 6.07) is 0. The zero-order valence-electron chi connectivity index (χ0n) is 8.26. The van der Waals surface area contributed by atoms with Crippen LogP contribution in [0.4, 0.5) is 5.69 Å². The predicted molar refractivity (Wildman–Crippen MR) is 57.7 cm³/mol. The van der Waals surface area contributed by atoms with E-state index in [9.17, 15) is 8.42 Å². The Labute approximate surface area is 89.0 Å². The van der Waals surface area contributed by atoms with Crippen LogP contribution in [-0.2, 0) is 10.0 Å². The number of hydrogen-bond acceptors (Lipinski definition) is 5. The van der Waals surface area contributed by atoms with Crippen molar-refractivity contribution in [2.75, 3.05) is 17.0 Å². The Hall–Kier alpha value is -1.21. The number of unbranched alkanes of at least 4 members (excludes halogenated alkanes) is 1. The summed E-state index contributed by atoms with van der Waals surface area (Å²) < 4.78 is 25.3. The van der Waals surface area contributed by atoms with Gasteiger partial charge >= 0.3 is 0 Å². The van der Waals surface area contributed by atoms with Gasteiger partial charge in [0.15, 0.2) is 0 Å². The molecule has 6 nitrogen and oxygen atoms in total.